The zero-order chi connectivity index (χ0) is 9.26. The molecule has 0 aliphatic rings. The summed E-state index contributed by atoms with van der Waals surface area (Å²) in [6.07, 6.45) is 1.72. The lowest BCUT2D eigenvalue weighted by molar-refractivity contribution is 0.103. The standard InChI is InChI=1S/C9H6ClNOS/c10-8-4-3-7(13-8)9(12)6-2-1-5-11-6/h1-5,11H. The van der Waals surface area contributed by atoms with Gasteiger partial charge in [-0.2, -0.15) is 0 Å². The summed E-state index contributed by atoms with van der Waals surface area (Å²) in [5.74, 6) is -0.0121. The van der Waals surface area contributed by atoms with Crippen LogP contribution >= 0.6 is 22.9 Å². The van der Waals surface area contributed by atoms with Crippen LogP contribution in [0.15, 0.2) is 30.5 Å². The van der Waals surface area contributed by atoms with Crippen LogP contribution in [0.5, 0.6) is 0 Å². The van der Waals surface area contributed by atoms with Crippen molar-refractivity contribution in [3.63, 3.8) is 0 Å². The summed E-state index contributed by atoms with van der Waals surface area (Å²) in [6, 6.07) is 7.00. The van der Waals surface area contributed by atoms with Crippen LogP contribution in [0.2, 0.25) is 4.34 Å². The van der Waals surface area contributed by atoms with E-state index in [0.717, 1.165) is 0 Å². The van der Waals surface area contributed by atoms with E-state index in [1.165, 1.54) is 11.3 Å². The molecule has 0 radical (unpaired) electrons. The minimum Gasteiger partial charge on any atom is -0.358 e. The van der Waals surface area contributed by atoms with Crippen molar-refractivity contribution < 1.29 is 4.79 Å². The third-order valence-electron chi connectivity index (χ3n) is 1.64. The zero-order valence-electron chi connectivity index (χ0n) is 6.58. The molecule has 0 atom stereocenters. The van der Waals surface area contributed by atoms with Gasteiger partial charge in [-0.1, -0.05) is 11.6 Å². The number of carbonyl (C=O) groups excluding carboxylic acids is 1. The average Bonchev–Trinajstić information content (AvgIpc) is 2.72. The third-order valence-corrected chi connectivity index (χ3v) is 2.87. The second kappa shape index (κ2) is 3.36. The Bertz CT molecular complexity index is 419. The molecule has 2 aromatic heterocycles. The fourth-order valence-corrected chi connectivity index (χ4v) is 2.04. The molecule has 0 unspecified atom stereocenters. The summed E-state index contributed by atoms with van der Waals surface area (Å²) in [4.78, 5) is 15.2. The van der Waals surface area contributed by atoms with E-state index in [-0.39, 0.29) is 5.78 Å². The molecule has 0 aliphatic carbocycles. The average molecular weight is 212 g/mol. The molecule has 2 nitrogen and oxygen atoms in total. The minimum absolute atomic E-state index is 0.0121. The van der Waals surface area contributed by atoms with Crippen LogP contribution in [-0.2, 0) is 0 Å². The number of halogens is 1. The molecule has 2 aromatic rings. The number of carbonyl (C=O) groups is 1. The first-order chi connectivity index (χ1) is 6.27. The van der Waals surface area contributed by atoms with E-state index in [4.69, 9.17) is 11.6 Å². The van der Waals surface area contributed by atoms with Gasteiger partial charge in [-0.3, -0.25) is 4.79 Å². The van der Waals surface area contributed by atoms with E-state index >= 15 is 0 Å². The number of nitrogens with one attached hydrogen (secondary N) is 1. The Morgan fingerprint density at radius 1 is 1.38 bits per heavy atom. The highest BCUT2D eigenvalue weighted by Gasteiger charge is 2.11. The lowest BCUT2D eigenvalue weighted by Gasteiger charge is -1.91. The third kappa shape index (κ3) is 1.66. The van der Waals surface area contributed by atoms with Crippen molar-refractivity contribution in [2.45, 2.75) is 0 Å². The van der Waals surface area contributed by atoms with Gasteiger partial charge in [-0.15, -0.1) is 11.3 Å². The van der Waals surface area contributed by atoms with Gasteiger partial charge in [0.2, 0.25) is 5.78 Å². The molecule has 0 amide bonds. The van der Waals surface area contributed by atoms with Gasteiger partial charge < -0.3 is 4.98 Å². The predicted octanol–water partition coefficient (Wildman–Crippen LogP) is 2.96. The fourth-order valence-electron chi connectivity index (χ4n) is 1.04. The van der Waals surface area contributed by atoms with Crippen LogP contribution in [0.25, 0.3) is 0 Å². The molecular formula is C9H6ClNOS. The number of aromatic amines is 1. The highest BCUT2D eigenvalue weighted by Crippen LogP contribution is 2.23. The van der Waals surface area contributed by atoms with Gasteiger partial charge in [-0.25, -0.2) is 0 Å². The van der Waals surface area contributed by atoms with E-state index < -0.39 is 0 Å². The number of hydrogen-bond acceptors (Lipinski definition) is 2. The largest absolute Gasteiger partial charge is 0.358 e. The van der Waals surface area contributed by atoms with Crippen molar-refractivity contribution >= 4 is 28.7 Å². The lowest BCUT2D eigenvalue weighted by atomic mass is 10.2. The number of thiophene rings is 1. The molecule has 4 heteroatoms. The summed E-state index contributed by atoms with van der Waals surface area (Å²) in [5.41, 5.74) is 0.596. The van der Waals surface area contributed by atoms with Crippen molar-refractivity contribution in [2.24, 2.45) is 0 Å². The smallest absolute Gasteiger partial charge is 0.219 e. The van der Waals surface area contributed by atoms with Crippen LogP contribution in [0, 0.1) is 0 Å². The Kier molecular flexibility index (Phi) is 2.20. The predicted molar refractivity (Wildman–Crippen MR) is 53.6 cm³/mol. The number of ketones is 1. The van der Waals surface area contributed by atoms with Crippen LogP contribution in [0.3, 0.4) is 0 Å². The molecule has 2 rings (SSSR count). The van der Waals surface area contributed by atoms with Gasteiger partial charge in [0.1, 0.15) is 0 Å². The van der Waals surface area contributed by atoms with E-state index in [2.05, 4.69) is 4.98 Å². The SMILES string of the molecule is O=C(c1ccc[nH]1)c1ccc(Cl)s1. The quantitative estimate of drug-likeness (QED) is 0.762. The first-order valence-electron chi connectivity index (χ1n) is 3.71. The summed E-state index contributed by atoms with van der Waals surface area (Å²) in [7, 11) is 0. The molecule has 2 heterocycles. The number of H-pyrrole nitrogens is 1. The molecule has 0 saturated heterocycles. The van der Waals surface area contributed by atoms with Gasteiger partial charge in [-0.05, 0) is 24.3 Å². The number of hydrogen-bond donors (Lipinski definition) is 1. The van der Waals surface area contributed by atoms with Crippen LogP contribution in [0.4, 0.5) is 0 Å². The minimum atomic E-state index is -0.0121. The first-order valence-corrected chi connectivity index (χ1v) is 4.90. The highest BCUT2D eigenvalue weighted by atomic mass is 35.5. The van der Waals surface area contributed by atoms with Crippen LogP contribution in [0.1, 0.15) is 15.4 Å². The molecule has 0 bridgehead atoms. The number of aromatic nitrogens is 1. The molecule has 0 saturated carbocycles. The Labute approximate surface area is 84.2 Å². The Morgan fingerprint density at radius 3 is 2.77 bits per heavy atom. The van der Waals surface area contributed by atoms with Crippen molar-refractivity contribution in [3.05, 3.63) is 45.4 Å². The summed E-state index contributed by atoms with van der Waals surface area (Å²) in [6.45, 7) is 0. The van der Waals surface area contributed by atoms with Crippen molar-refractivity contribution in [1.29, 1.82) is 0 Å². The summed E-state index contributed by atoms with van der Waals surface area (Å²) in [5, 5.41) is 0. The molecule has 66 valence electrons. The normalized spacial score (nSPS) is 10.2. The van der Waals surface area contributed by atoms with E-state index in [1.807, 2.05) is 0 Å². The first kappa shape index (κ1) is 8.53. The maximum Gasteiger partial charge on any atom is 0.219 e. The second-order valence-corrected chi connectivity index (χ2v) is 4.23. The topological polar surface area (TPSA) is 32.9 Å². The molecule has 0 aliphatic heterocycles. The van der Waals surface area contributed by atoms with Gasteiger partial charge in [0.15, 0.2) is 0 Å². The molecule has 13 heavy (non-hydrogen) atoms. The summed E-state index contributed by atoms with van der Waals surface area (Å²) < 4.78 is 0.634. The van der Waals surface area contributed by atoms with E-state index in [9.17, 15) is 4.79 Å². The monoisotopic (exact) mass is 211 g/mol. The van der Waals surface area contributed by atoms with Crippen molar-refractivity contribution in [3.8, 4) is 0 Å². The van der Waals surface area contributed by atoms with E-state index in [1.54, 1.807) is 30.5 Å². The zero-order valence-corrected chi connectivity index (χ0v) is 8.15. The lowest BCUT2D eigenvalue weighted by Crippen LogP contribution is -1.97. The molecule has 1 N–H and O–H groups in total. The molecule has 0 fully saturated rings. The Morgan fingerprint density at radius 2 is 2.23 bits per heavy atom. The van der Waals surface area contributed by atoms with Crippen LogP contribution in [-0.4, -0.2) is 10.8 Å². The highest BCUT2D eigenvalue weighted by molar-refractivity contribution is 7.18. The van der Waals surface area contributed by atoms with Crippen LogP contribution < -0.4 is 0 Å². The summed E-state index contributed by atoms with van der Waals surface area (Å²) >= 11 is 7.01. The van der Waals surface area contributed by atoms with Gasteiger partial charge in [0.05, 0.1) is 14.9 Å². The van der Waals surface area contributed by atoms with Gasteiger partial charge in [0, 0.05) is 6.20 Å². The fraction of sp³-hybridized carbons (Fsp3) is 0. The second-order valence-electron chi connectivity index (χ2n) is 2.52. The van der Waals surface area contributed by atoms with Gasteiger partial charge in [0.25, 0.3) is 0 Å². The number of rotatable bonds is 2. The molecule has 0 aromatic carbocycles. The van der Waals surface area contributed by atoms with Gasteiger partial charge >= 0.3 is 0 Å². The molecule has 0 spiro atoms. The molecular weight excluding hydrogens is 206 g/mol. The maximum absolute atomic E-state index is 11.6. The maximum atomic E-state index is 11.6. The van der Waals surface area contributed by atoms with Crippen molar-refractivity contribution in [1.82, 2.24) is 4.98 Å². The Balaban J connectivity index is 2.33. The Hall–Kier alpha value is -1.06. The van der Waals surface area contributed by atoms with E-state index in [0.29, 0.717) is 14.9 Å². The van der Waals surface area contributed by atoms with Crippen molar-refractivity contribution in [2.75, 3.05) is 0 Å².